The number of esters is 1. The first-order chi connectivity index (χ1) is 23.9. The second-order valence-electron chi connectivity index (χ2n) is 12.6. The lowest BCUT2D eigenvalue weighted by atomic mass is 9.97. The highest BCUT2D eigenvalue weighted by atomic mass is 32.2. The summed E-state index contributed by atoms with van der Waals surface area (Å²) in [5.41, 5.74) is 1.67. The Morgan fingerprint density at radius 3 is 1.46 bits per heavy atom. The third kappa shape index (κ3) is 9.96. The smallest absolute Gasteiger partial charge is 0.338 e. The van der Waals surface area contributed by atoms with E-state index in [0.29, 0.717) is 0 Å². The molecule has 0 spiro atoms. The summed E-state index contributed by atoms with van der Waals surface area (Å²) in [6.45, 7) is 5.48. The van der Waals surface area contributed by atoms with Crippen LogP contribution in [0.2, 0.25) is 0 Å². The van der Waals surface area contributed by atoms with Gasteiger partial charge < -0.3 is 18.9 Å². The molecule has 5 aromatic rings. The quantitative estimate of drug-likeness (QED) is 0.0919. The largest absolute Gasteiger partial charge is 0.488 e. The molecular formula is C40H39NO8S. The summed E-state index contributed by atoms with van der Waals surface area (Å²) in [5, 5.41) is 0. The van der Waals surface area contributed by atoms with Crippen LogP contribution in [0.3, 0.4) is 0 Å². The number of sulfonamides is 1. The van der Waals surface area contributed by atoms with Gasteiger partial charge in [0.25, 0.3) is 0 Å². The van der Waals surface area contributed by atoms with Crippen molar-refractivity contribution in [3.8, 4) is 17.2 Å². The lowest BCUT2D eigenvalue weighted by Crippen LogP contribution is -2.24. The Hall–Kier alpha value is -5.61. The number of carbonyl (C=O) groups is 2. The Kier molecular flexibility index (Phi) is 11.2. The summed E-state index contributed by atoms with van der Waals surface area (Å²) in [6, 6.07) is 35.6. The van der Waals surface area contributed by atoms with E-state index in [4.69, 9.17) is 18.9 Å². The van der Waals surface area contributed by atoms with Crippen molar-refractivity contribution in [1.29, 1.82) is 0 Å². The number of benzene rings is 5. The molecule has 0 radical (unpaired) electrons. The van der Waals surface area contributed by atoms with Crippen LogP contribution >= 0.6 is 0 Å². The zero-order chi connectivity index (χ0) is 35.7. The van der Waals surface area contributed by atoms with E-state index in [1.165, 1.54) is 18.2 Å². The van der Waals surface area contributed by atoms with Gasteiger partial charge in [0.05, 0.1) is 23.1 Å². The van der Waals surface area contributed by atoms with Gasteiger partial charge in [-0.1, -0.05) is 97.1 Å². The number of carbonyl (C=O) groups excluding carboxylic acids is 2. The summed E-state index contributed by atoms with van der Waals surface area (Å²) in [5.74, 6) is -1.09. The molecule has 5 aromatic carbocycles. The molecule has 10 heteroatoms. The average molecular weight is 694 g/mol. The maximum Gasteiger partial charge on any atom is 0.338 e. The van der Waals surface area contributed by atoms with Gasteiger partial charge in [-0.3, -0.25) is 9.52 Å². The molecule has 0 saturated heterocycles. The van der Waals surface area contributed by atoms with Crippen molar-refractivity contribution in [3.63, 3.8) is 0 Å². The Bertz CT molecular complexity index is 1980. The fourth-order valence-corrected chi connectivity index (χ4v) is 5.57. The summed E-state index contributed by atoms with van der Waals surface area (Å²) in [4.78, 5) is 28.4. The summed E-state index contributed by atoms with van der Waals surface area (Å²) in [7, 11) is -3.83. The molecule has 0 bridgehead atoms. The van der Waals surface area contributed by atoms with Crippen molar-refractivity contribution in [2.75, 3.05) is 11.0 Å². The van der Waals surface area contributed by atoms with Gasteiger partial charge >= 0.3 is 5.97 Å². The molecule has 9 nitrogen and oxygen atoms in total. The summed E-state index contributed by atoms with van der Waals surface area (Å²) < 4.78 is 52.0. The van der Waals surface area contributed by atoms with Crippen LogP contribution in [0.15, 0.2) is 121 Å². The first-order valence-corrected chi connectivity index (χ1v) is 17.8. The van der Waals surface area contributed by atoms with E-state index in [1.807, 2.05) is 91.0 Å². The van der Waals surface area contributed by atoms with Crippen LogP contribution in [-0.2, 0) is 34.6 Å². The maximum atomic E-state index is 15.0. The molecule has 0 aliphatic rings. The molecule has 0 saturated carbocycles. The molecule has 0 amide bonds. The van der Waals surface area contributed by atoms with Crippen LogP contribution in [0, 0.1) is 0 Å². The van der Waals surface area contributed by atoms with Crippen LogP contribution < -0.4 is 18.9 Å². The van der Waals surface area contributed by atoms with E-state index >= 15 is 0 Å². The monoisotopic (exact) mass is 693 g/mol. The lowest BCUT2D eigenvalue weighted by Gasteiger charge is -2.22. The molecule has 0 aliphatic heterocycles. The molecule has 0 aliphatic carbocycles. The number of nitrogens with one attached hydrogen (secondary N) is 1. The molecule has 0 unspecified atom stereocenters. The molecule has 0 heterocycles. The van der Waals surface area contributed by atoms with Crippen LogP contribution in [0.5, 0.6) is 17.2 Å². The average Bonchev–Trinajstić information content (AvgIpc) is 3.08. The van der Waals surface area contributed by atoms with E-state index in [0.717, 1.165) is 22.9 Å². The number of ketones is 1. The van der Waals surface area contributed by atoms with Gasteiger partial charge in [0, 0.05) is 0 Å². The molecule has 50 heavy (non-hydrogen) atoms. The Balaban J connectivity index is 1.68. The Morgan fingerprint density at radius 1 is 0.600 bits per heavy atom. The zero-order valence-corrected chi connectivity index (χ0v) is 29.2. The molecule has 0 aromatic heterocycles. The predicted octanol–water partition coefficient (Wildman–Crippen LogP) is 7.98. The van der Waals surface area contributed by atoms with Crippen LogP contribution in [0.4, 0.5) is 5.69 Å². The first kappa shape index (κ1) is 35.7. The Morgan fingerprint density at radius 2 is 1.04 bits per heavy atom. The minimum absolute atomic E-state index is 0.00213. The maximum absolute atomic E-state index is 15.0. The van der Waals surface area contributed by atoms with Crippen molar-refractivity contribution >= 4 is 27.5 Å². The Labute approximate surface area is 292 Å². The van der Waals surface area contributed by atoms with Gasteiger partial charge in [-0.15, -0.1) is 0 Å². The number of anilines is 1. The number of hydrogen-bond donors (Lipinski definition) is 1. The van der Waals surface area contributed by atoms with E-state index in [2.05, 4.69) is 4.72 Å². The molecule has 5 rings (SSSR count). The van der Waals surface area contributed by atoms with Crippen molar-refractivity contribution in [2.24, 2.45) is 0 Å². The van der Waals surface area contributed by atoms with E-state index in [-0.39, 0.29) is 59.4 Å². The van der Waals surface area contributed by atoms with Crippen LogP contribution in [0.25, 0.3) is 0 Å². The van der Waals surface area contributed by atoms with Gasteiger partial charge in [-0.25, -0.2) is 13.2 Å². The molecule has 0 atom stereocenters. The van der Waals surface area contributed by atoms with Gasteiger partial charge in [0.15, 0.2) is 0 Å². The van der Waals surface area contributed by atoms with E-state index in [9.17, 15) is 18.0 Å². The predicted molar refractivity (Wildman–Crippen MR) is 192 cm³/mol. The van der Waals surface area contributed by atoms with Crippen molar-refractivity contribution in [3.05, 3.63) is 155 Å². The van der Waals surface area contributed by atoms with Crippen molar-refractivity contribution < 1.29 is 37.0 Å². The summed E-state index contributed by atoms with van der Waals surface area (Å²) in [6.07, 6.45) is 0.997. The minimum atomic E-state index is -3.83. The van der Waals surface area contributed by atoms with Crippen LogP contribution in [-0.4, -0.2) is 32.0 Å². The lowest BCUT2D eigenvalue weighted by molar-refractivity contribution is 0.00682. The molecule has 1 N–H and O–H groups in total. The first-order valence-electron chi connectivity index (χ1n) is 15.9. The zero-order valence-electron chi connectivity index (χ0n) is 28.3. The highest BCUT2D eigenvalue weighted by molar-refractivity contribution is 7.92. The molecule has 258 valence electrons. The van der Waals surface area contributed by atoms with E-state index < -0.39 is 27.4 Å². The number of ether oxygens (including phenoxy) is 4. The third-order valence-corrected chi connectivity index (χ3v) is 7.78. The summed E-state index contributed by atoms with van der Waals surface area (Å²) >= 11 is 0. The van der Waals surface area contributed by atoms with E-state index in [1.54, 1.807) is 32.9 Å². The highest BCUT2D eigenvalue weighted by Crippen LogP contribution is 2.39. The molecular weight excluding hydrogens is 655 g/mol. The van der Waals surface area contributed by atoms with Gasteiger partial charge in [-0.05, 0) is 61.7 Å². The minimum Gasteiger partial charge on any atom is -0.488 e. The third-order valence-electron chi connectivity index (χ3n) is 7.19. The van der Waals surface area contributed by atoms with Crippen LogP contribution in [0.1, 0.15) is 63.7 Å². The standard InChI is InChI=1S/C40H39NO8S/c1-40(2,3)49-39(43)31-23-34(47-26-29-17-10-6-11-18-29)37(35(24-31)48-27-30-19-12-7-13-20-30)38(42)36-32(41-50(4,44)45)21-14-22-33(36)46-25-28-15-8-5-9-16-28/h5-24,41H,25-27H2,1-4H3. The fraction of sp³-hybridized carbons (Fsp3) is 0.200. The van der Waals surface area contributed by atoms with Gasteiger partial charge in [0.1, 0.15) is 48.2 Å². The van der Waals surface area contributed by atoms with Crippen molar-refractivity contribution in [1.82, 2.24) is 0 Å². The SMILES string of the molecule is CC(C)(C)OC(=O)c1cc(OCc2ccccc2)c(C(=O)c2c(NS(C)(=O)=O)cccc2OCc2ccccc2)c(OCc2ccccc2)c1. The normalized spacial score (nSPS) is 11.4. The number of hydrogen-bond acceptors (Lipinski definition) is 8. The number of rotatable bonds is 14. The fourth-order valence-electron chi connectivity index (χ4n) is 5.00. The van der Waals surface area contributed by atoms with Crippen molar-refractivity contribution in [2.45, 2.75) is 46.2 Å². The second-order valence-corrected chi connectivity index (χ2v) is 14.3. The van der Waals surface area contributed by atoms with Gasteiger partial charge in [-0.2, -0.15) is 0 Å². The topological polar surface area (TPSA) is 117 Å². The molecule has 0 fully saturated rings. The highest BCUT2D eigenvalue weighted by Gasteiger charge is 2.30. The van der Waals surface area contributed by atoms with Gasteiger partial charge in [0.2, 0.25) is 15.8 Å². The second kappa shape index (κ2) is 15.7.